The molecule has 1 N–H and O–H groups in total. The Bertz CT molecular complexity index is 1080. The molecule has 2 aromatic carbocycles. The number of benzene rings is 2. The third kappa shape index (κ3) is 7.53. The van der Waals surface area contributed by atoms with Crippen molar-refractivity contribution >= 4 is 28.9 Å². The van der Waals surface area contributed by atoms with Crippen molar-refractivity contribution in [3.8, 4) is 11.5 Å². The first-order valence-corrected chi connectivity index (χ1v) is 13.1. The Balaban J connectivity index is 1.44. The van der Waals surface area contributed by atoms with Crippen molar-refractivity contribution in [2.75, 3.05) is 85.2 Å². The number of morpholine rings is 2. The molecule has 0 bridgehead atoms. The lowest BCUT2D eigenvalue weighted by Gasteiger charge is -2.37. The number of hydrogen-bond acceptors (Lipinski definition) is 7. The molecule has 2 fully saturated rings. The second kappa shape index (κ2) is 13.7. The van der Waals surface area contributed by atoms with Crippen LogP contribution in [-0.2, 0) is 9.47 Å². The van der Waals surface area contributed by atoms with Gasteiger partial charge in [0.15, 0.2) is 16.6 Å². The van der Waals surface area contributed by atoms with E-state index in [2.05, 4.69) is 10.2 Å². The Kier molecular flexibility index (Phi) is 10.1. The fraction of sp³-hybridized carbons (Fsp3) is 0.481. The van der Waals surface area contributed by atoms with E-state index in [1.54, 1.807) is 44.6 Å². The molecule has 2 saturated heterocycles. The standard InChI is InChI=1S/C27H35FN4O5S/c1-34-24-8-3-20(17-25(24)35-2)26(33)31(10-9-30-11-14-36-15-12-30)18-23-19-32(13-16-37-23)27(38)29-22-6-4-21(28)5-7-22/h3-8,17,23H,9-16,18-19H2,1-2H3,(H,29,38). The van der Waals surface area contributed by atoms with Crippen LogP contribution in [-0.4, -0.2) is 112 Å². The molecule has 0 aromatic heterocycles. The Hall–Kier alpha value is -2.99. The van der Waals surface area contributed by atoms with E-state index in [0.29, 0.717) is 68.2 Å². The molecule has 2 heterocycles. The van der Waals surface area contributed by atoms with Crippen LogP contribution in [0.1, 0.15) is 10.4 Å². The number of thiocarbonyl (C=S) groups is 1. The fourth-order valence-electron chi connectivity index (χ4n) is 4.51. The number of carbonyl (C=O) groups is 1. The molecule has 0 aliphatic carbocycles. The number of nitrogens with one attached hydrogen (secondary N) is 1. The molecule has 38 heavy (non-hydrogen) atoms. The molecule has 206 valence electrons. The minimum atomic E-state index is -0.302. The first kappa shape index (κ1) is 28.0. The molecule has 0 radical (unpaired) electrons. The molecule has 1 amide bonds. The van der Waals surface area contributed by atoms with Gasteiger partial charge in [0.2, 0.25) is 0 Å². The largest absolute Gasteiger partial charge is 0.493 e. The molecule has 2 aliphatic heterocycles. The van der Waals surface area contributed by atoms with Gasteiger partial charge >= 0.3 is 0 Å². The van der Waals surface area contributed by atoms with Gasteiger partial charge in [-0.1, -0.05) is 0 Å². The second-order valence-electron chi connectivity index (χ2n) is 9.15. The molecular weight excluding hydrogens is 511 g/mol. The number of carbonyl (C=O) groups excluding carboxylic acids is 1. The van der Waals surface area contributed by atoms with Crippen LogP contribution in [0.15, 0.2) is 42.5 Å². The summed E-state index contributed by atoms with van der Waals surface area (Å²) in [6.45, 7) is 6.41. The SMILES string of the molecule is COc1ccc(C(=O)N(CCN2CCOCC2)CC2CN(C(=S)Nc3ccc(F)cc3)CCO2)cc1OC. The number of hydrogen-bond donors (Lipinski definition) is 1. The van der Waals surface area contributed by atoms with E-state index in [1.807, 2.05) is 9.80 Å². The maximum absolute atomic E-state index is 13.7. The number of nitrogens with zero attached hydrogens (tertiary/aromatic N) is 3. The summed E-state index contributed by atoms with van der Waals surface area (Å²) in [4.78, 5) is 19.8. The van der Waals surface area contributed by atoms with Gasteiger partial charge in [0.25, 0.3) is 5.91 Å². The van der Waals surface area contributed by atoms with Gasteiger partial charge in [-0.2, -0.15) is 0 Å². The Morgan fingerprint density at radius 3 is 2.53 bits per heavy atom. The van der Waals surface area contributed by atoms with Gasteiger partial charge in [0, 0.05) is 57.1 Å². The lowest BCUT2D eigenvalue weighted by molar-refractivity contribution is -0.0228. The van der Waals surface area contributed by atoms with Crippen LogP contribution in [0.2, 0.25) is 0 Å². The van der Waals surface area contributed by atoms with Gasteiger partial charge in [0.05, 0.1) is 40.1 Å². The highest BCUT2D eigenvalue weighted by atomic mass is 32.1. The van der Waals surface area contributed by atoms with Crippen molar-refractivity contribution < 1.29 is 28.1 Å². The molecule has 2 aromatic rings. The summed E-state index contributed by atoms with van der Waals surface area (Å²) in [6.07, 6.45) is -0.231. The summed E-state index contributed by atoms with van der Waals surface area (Å²) in [6, 6.07) is 11.3. The van der Waals surface area contributed by atoms with E-state index in [9.17, 15) is 9.18 Å². The van der Waals surface area contributed by atoms with Crippen molar-refractivity contribution in [2.45, 2.75) is 6.10 Å². The zero-order valence-corrected chi connectivity index (χ0v) is 22.7. The van der Waals surface area contributed by atoms with E-state index < -0.39 is 0 Å². The summed E-state index contributed by atoms with van der Waals surface area (Å²) in [5.41, 5.74) is 1.24. The molecule has 0 spiro atoms. The van der Waals surface area contributed by atoms with Gasteiger partial charge in [-0.05, 0) is 54.7 Å². The molecule has 11 heteroatoms. The molecule has 0 saturated carbocycles. The monoisotopic (exact) mass is 546 g/mol. The van der Waals surface area contributed by atoms with Crippen molar-refractivity contribution in [3.05, 3.63) is 53.8 Å². The quantitative estimate of drug-likeness (QED) is 0.478. The van der Waals surface area contributed by atoms with Crippen molar-refractivity contribution in [3.63, 3.8) is 0 Å². The minimum absolute atomic E-state index is 0.105. The van der Waals surface area contributed by atoms with Gasteiger partial charge < -0.3 is 34.1 Å². The second-order valence-corrected chi connectivity index (χ2v) is 9.54. The van der Waals surface area contributed by atoms with Gasteiger partial charge in [0.1, 0.15) is 5.82 Å². The maximum Gasteiger partial charge on any atom is 0.254 e. The summed E-state index contributed by atoms with van der Waals surface area (Å²) in [5, 5.41) is 3.70. The number of halogens is 1. The highest BCUT2D eigenvalue weighted by Gasteiger charge is 2.28. The molecule has 4 rings (SSSR count). The van der Waals surface area contributed by atoms with Gasteiger partial charge in [-0.25, -0.2) is 4.39 Å². The predicted molar refractivity (Wildman–Crippen MR) is 147 cm³/mol. The summed E-state index contributed by atoms with van der Waals surface area (Å²) < 4.78 is 35.5. The van der Waals surface area contributed by atoms with Crippen LogP contribution >= 0.6 is 12.2 Å². The number of anilines is 1. The molecule has 1 atom stereocenters. The Morgan fingerprint density at radius 2 is 1.82 bits per heavy atom. The maximum atomic E-state index is 13.7. The number of amides is 1. The average molecular weight is 547 g/mol. The summed E-state index contributed by atoms with van der Waals surface area (Å²) >= 11 is 5.61. The van der Waals surface area contributed by atoms with Crippen LogP contribution in [0.3, 0.4) is 0 Å². The van der Waals surface area contributed by atoms with Crippen molar-refractivity contribution in [2.24, 2.45) is 0 Å². The zero-order chi connectivity index (χ0) is 26.9. The van der Waals surface area contributed by atoms with E-state index in [4.69, 9.17) is 31.2 Å². The third-order valence-electron chi connectivity index (χ3n) is 6.65. The van der Waals surface area contributed by atoms with Crippen molar-refractivity contribution in [1.82, 2.24) is 14.7 Å². The van der Waals surface area contributed by atoms with Crippen LogP contribution in [0.5, 0.6) is 11.5 Å². The zero-order valence-electron chi connectivity index (χ0n) is 21.9. The average Bonchev–Trinajstić information content (AvgIpc) is 2.96. The van der Waals surface area contributed by atoms with Crippen LogP contribution in [0, 0.1) is 5.82 Å². The van der Waals surface area contributed by atoms with Crippen LogP contribution in [0.25, 0.3) is 0 Å². The van der Waals surface area contributed by atoms with E-state index in [1.165, 1.54) is 12.1 Å². The summed E-state index contributed by atoms with van der Waals surface area (Å²) in [7, 11) is 3.12. The highest BCUT2D eigenvalue weighted by Crippen LogP contribution is 2.28. The number of methoxy groups -OCH3 is 2. The molecular formula is C27H35FN4O5S. The Morgan fingerprint density at radius 1 is 1.08 bits per heavy atom. The van der Waals surface area contributed by atoms with E-state index >= 15 is 0 Å². The minimum Gasteiger partial charge on any atom is -0.493 e. The first-order valence-electron chi connectivity index (χ1n) is 12.7. The number of rotatable bonds is 9. The fourth-order valence-corrected chi connectivity index (χ4v) is 4.79. The predicted octanol–water partition coefficient (Wildman–Crippen LogP) is 2.72. The van der Waals surface area contributed by atoms with Gasteiger partial charge in [-0.3, -0.25) is 9.69 Å². The molecule has 1 unspecified atom stereocenters. The topological polar surface area (TPSA) is 75.7 Å². The van der Waals surface area contributed by atoms with E-state index in [0.717, 1.165) is 25.3 Å². The van der Waals surface area contributed by atoms with Crippen LogP contribution < -0.4 is 14.8 Å². The lowest BCUT2D eigenvalue weighted by atomic mass is 10.1. The van der Waals surface area contributed by atoms with E-state index in [-0.39, 0.29) is 17.8 Å². The summed E-state index contributed by atoms with van der Waals surface area (Å²) in [5.74, 6) is 0.664. The molecule has 2 aliphatic rings. The normalized spacial score (nSPS) is 18.1. The number of ether oxygens (including phenoxy) is 4. The van der Waals surface area contributed by atoms with Gasteiger partial charge in [-0.15, -0.1) is 0 Å². The highest BCUT2D eigenvalue weighted by molar-refractivity contribution is 7.80. The molecule has 9 nitrogen and oxygen atoms in total. The lowest BCUT2D eigenvalue weighted by Crippen LogP contribution is -2.52. The third-order valence-corrected chi connectivity index (χ3v) is 7.01. The van der Waals surface area contributed by atoms with Crippen molar-refractivity contribution in [1.29, 1.82) is 0 Å². The smallest absolute Gasteiger partial charge is 0.254 e. The first-order chi connectivity index (χ1) is 18.5. The Labute approximate surface area is 228 Å². The van der Waals surface area contributed by atoms with Crippen LogP contribution in [0.4, 0.5) is 10.1 Å².